The molecular formula is C9H12F2N2. The smallest absolute Gasteiger partial charge is 0.248 e. The van der Waals surface area contributed by atoms with Gasteiger partial charge in [0.1, 0.15) is 5.54 Å². The number of rotatable bonds is 0. The Morgan fingerprint density at radius 2 is 1.62 bits per heavy atom. The van der Waals surface area contributed by atoms with Crippen molar-refractivity contribution in [1.82, 2.24) is 0 Å². The van der Waals surface area contributed by atoms with Crippen molar-refractivity contribution in [3.8, 4) is 6.07 Å². The zero-order valence-electron chi connectivity index (χ0n) is 7.26. The minimum atomic E-state index is -2.51. The van der Waals surface area contributed by atoms with Gasteiger partial charge in [0.2, 0.25) is 5.92 Å². The number of hydrogen-bond acceptors (Lipinski definition) is 2. The Morgan fingerprint density at radius 1 is 1.15 bits per heavy atom. The molecule has 0 radical (unpaired) electrons. The third-order valence-electron chi connectivity index (χ3n) is 3.26. The molecule has 0 bridgehead atoms. The molecule has 0 aromatic rings. The van der Waals surface area contributed by atoms with Crippen LogP contribution in [0.4, 0.5) is 8.78 Å². The van der Waals surface area contributed by atoms with Gasteiger partial charge in [0, 0.05) is 12.8 Å². The summed E-state index contributed by atoms with van der Waals surface area (Å²) in [5.41, 5.74) is 4.90. The van der Waals surface area contributed by atoms with Gasteiger partial charge in [-0.1, -0.05) is 0 Å². The van der Waals surface area contributed by atoms with Crippen LogP contribution in [0.5, 0.6) is 0 Å². The molecule has 2 aliphatic carbocycles. The summed E-state index contributed by atoms with van der Waals surface area (Å²) in [7, 11) is 0. The van der Waals surface area contributed by atoms with Gasteiger partial charge in [0.05, 0.1) is 6.07 Å². The third-order valence-corrected chi connectivity index (χ3v) is 3.26. The second-order valence-electron chi connectivity index (χ2n) is 4.46. The van der Waals surface area contributed by atoms with Gasteiger partial charge in [-0.2, -0.15) is 5.26 Å². The first-order valence-corrected chi connectivity index (χ1v) is 4.52. The maximum atomic E-state index is 12.9. The van der Waals surface area contributed by atoms with Gasteiger partial charge in [-0.15, -0.1) is 0 Å². The Balaban J connectivity index is 2.10. The van der Waals surface area contributed by atoms with Gasteiger partial charge in [-0.25, -0.2) is 8.78 Å². The molecule has 72 valence electrons. The van der Waals surface area contributed by atoms with E-state index in [1.165, 1.54) is 0 Å². The number of halogens is 2. The number of nitriles is 1. The van der Waals surface area contributed by atoms with Crippen molar-refractivity contribution in [2.45, 2.75) is 37.1 Å². The lowest BCUT2D eigenvalue weighted by molar-refractivity contribution is -0.000783. The first-order valence-electron chi connectivity index (χ1n) is 4.52. The summed E-state index contributed by atoms with van der Waals surface area (Å²) in [6, 6.07) is 2.03. The second kappa shape index (κ2) is 2.42. The van der Waals surface area contributed by atoms with Crippen LogP contribution in [-0.2, 0) is 0 Å². The fourth-order valence-corrected chi connectivity index (χ4v) is 2.77. The van der Waals surface area contributed by atoms with Crippen molar-refractivity contribution in [1.29, 1.82) is 5.26 Å². The Labute approximate surface area is 75.7 Å². The average molecular weight is 186 g/mol. The molecular weight excluding hydrogens is 174 g/mol. The Kier molecular flexibility index (Phi) is 1.65. The van der Waals surface area contributed by atoms with E-state index in [1.54, 1.807) is 0 Å². The highest BCUT2D eigenvalue weighted by Crippen LogP contribution is 2.53. The molecule has 2 fully saturated rings. The maximum Gasteiger partial charge on any atom is 0.248 e. The highest BCUT2D eigenvalue weighted by molar-refractivity contribution is 5.14. The fraction of sp³-hybridized carbons (Fsp3) is 0.889. The highest BCUT2D eigenvalue weighted by atomic mass is 19.3. The second-order valence-corrected chi connectivity index (χ2v) is 4.46. The molecule has 2 aliphatic rings. The highest BCUT2D eigenvalue weighted by Gasteiger charge is 2.54. The average Bonchev–Trinajstić information content (AvgIpc) is 2.38. The standard InChI is InChI=1S/C9H12F2N2/c10-9(11)3-6-1-8(13,5-12)2-7(6)4-9/h6-7H,1-4,13H2. The molecule has 13 heavy (non-hydrogen) atoms. The molecule has 0 amide bonds. The van der Waals surface area contributed by atoms with E-state index in [9.17, 15) is 8.78 Å². The molecule has 2 saturated carbocycles. The molecule has 0 aromatic carbocycles. The maximum absolute atomic E-state index is 12.9. The zero-order valence-corrected chi connectivity index (χ0v) is 7.26. The summed E-state index contributed by atoms with van der Waals surface area (Å²) in [4.78, 5) is 0. The van der Waals surface area contributed by atoms with Crippen LogP contribution in [0.3, 0.4) is 0 Å². The van der Waals surface area contributed by atoms with E-state index in [0.29, 0.717) is 12.8 Å². The molecule has 2 nitrogen and oxygen atoms in total. The van der Waals surface area contributed by atoms with Crippen molar-refractivity contribution in [3.63, 3.8) is 0 Å². The SMILES string of the molecule is N#CC1(N)CC2CC(F)(F)CC2C1. The van der Waals surface area contributed by atoms with Crippen molar-refractivity contribution >= 4 is 0 Å². The van der Waals surface area contributed by atoms with Gasteiger partial charge in [0.25, 0.3) is 0 Å². The molecule has 2 rings (SSSR count). The Morgan fingerprint density at radius 3 is 2.00 bits per heavy atom. The van der Waals surface area contributed by atoms with Gasteiger partial charge < -0.3 is 5.73 Å². The molecule has 0 saturated heterocycles. The molecule has 2 N–H and O–H groups in total. The molecule has 0 heterocycles. The van der Waals surface area contributed by atoms with Gasteiger partial charge in [-0.3, -0.25) is 0 Å². The van der Waals surface area contributed by atoms with E-state index >= 15 is 0 Å². The van der Waals surface area contributed by atoms with Crippen LogP contribution in [0, 0.1) is 23.2 Å². The Hall–Kier alpha value is -0.690. The van der Waals surface area contributed by atoms with Crippen LogP contribution in [0.25, 0.3) is 0 Å². The molecule has 0 spiro atoms. The summed E-state index contributed by atoms with van der Waals surface area (Å²) >= 11 is 0. The lowest BCUT2D eigenvalue weighted by Gasteiger charge is -2.17. The summed E-state index contributed by atoms with van der Waals surface area (Å²) < 4.78 is 25.8. The van der Waals surface area contributed by atoms with Crippen LogP contribution in [0.2, 0.25) is 0 Å². The fourth-order valence-electron chi connectivity index (χ4n) is 2.77. The van der Waals surface area contributed by atoms with Crippen LogP contribution >= 0.6 is 0 Å². The van der Waals surface area contributed by atoms with Crippen LogP contribution in [0.15, 0.2) is 0 Å². The van der Waals surface area contributed by atoms with Crippen molar-refractivity contribution in [2.24, 2.45) is 17.6 Å². The van der Waals surface area contributed by atoms with Crippen LogP contribution in [-0.4, -0.2) is 11.5 Å². The molecule has 2 unspecified atom stereocenters. The van der Waals surface area contributed by atoms with Crippen LogP contribution < -0.4 is 5.73 Å². The number of fused-ring (bicyclic) bond motifs is 1. The predicted octanol–water partition coefficient (Wildman–Crippen LogP) is 1.66. The summed E-state index contributed by atoms with van der Waals surface area (Å²) in [6.07, 6.45) is 0.754. The van der Waals surface area contributed by atoms with Crippen molar-refractivity contribution in [2.75, 3.05) is 0 Å². The van der Waals surface area contributed by atoms with Crippen molar-refractivity contribution in [3.05, 3.63) is 0 Å². The summed E-state index contributed by atoms with van der Waals surface area (Å²) in [5, 5.41) is 8.75. The largest absolute Gasteiger partial charge is 0.313 e. The van der Waals surface area contributed by atoms with E-state index in [0.717, 1.165) is 0 Å². The summed E-state index contributed by atoms with van der Waals surface area (Å²) in [5.74, 6) is -2.56. The van der Waals surface area contributed by atoms with E-state index in [4.69, 9.17) is 11.0 Å². The first-order chi connectivity index (χ1) is 5.94. The minimum absolute atomic E-state index is 0.0281. The predicted molar refractivity (Wildman–Crippen MR) is 42.9 cm³/mol. The topological polar surface area (TPSA) is 49.8 Å². The van der Waals surface area contributed by atoms with Gasteiger partial charge in [-0.05, 0) is 24.7 Å². The van der Waals surface area contributed by atoms with Crippen LogP contribution in [0.1, 0.15) is 25.7 Å². The van der Waals surface area contributed by atoms with E-state index in [-0.39, 0.29) is 24.7 Å². The molecule has 0 aromatic heterocycles. The summed E-state index contributed by atoms with van der Waals surface area (Å²) in [6.45, 7) is 0. The normalized spacial score (nSPS) is 47.2. The molecule has 0 aliphatic heterocycles. The quantitative estimate of drug-likeness (QED) is 0.625. The lowest BCUT2D eigenvalue weighted by atomic mass is 9.96. The van der Waals surface area contributed by atoms with Crippen molar-refractivity contribution < 1.29 is 8.78 Å². The lowest BCUT2D eigenvalue weighted by Crippen LogP contribution is -2.36. The number of hydrogen-bond donors (Lipinski definition) is 1. The first kappa shape index (κ1) is 8.89. The van der Waals surface area contributed by atoms with Gasteiger partial charge in [0.15, 0.2) is 0 Å². The monoisotopic (exact) mass is 186 g/mol. The van der Waals surface area contributed by atoms with E-state index in [2.05, 4.69) is 0 Å². The number of alkyl halides is 2. The van der Waals surface area contributed by atoms with Gasteiger partial charge >= 0.3 is 0 Å². The third kappa shape index (κ3) is 1.42. The van der Waals surface area contributed by atoms with E-state index in [1.807, 2.05) is 6.07 Å². The Bertz CT molecular complexity index is 253. The number of nitrogens with two attached hydrogens (primary N) is 1. The molecule has 2 atom stereocenters. The minimum Gasteiger partial charge on any atom is -0.313 e. The zero-order chi connectivity index (χ0) is 9.69. The van der Waals surface area contributed by atoms with E-state index < -0.39 is 11.5 Å². The number of nitrogens with zero attached hydrogens (tertiary/aromatic N) is 1. The molecule has 4 heteroatoms.